The van der Waals surface area contributed by atoms with Gasteiger partial charge in [-0.2, -0.15) is 0 Å². The third kappa shape index (κ3) is 2.81. The summed E-state index contributed by atoms with van der Waals surface area (Å²) in [5.41, 5.74) is 1.13. The fraction of sp³-hybridized carbons (Fsp3) is 0.286. The van der Waals surface area contributed by atoms with E-state index < -0.39 is 0 Å². The molecule has 0 aliphatic heterocycles. The van der Waals surface area contributed by atoms with Crippen LogP contribution in [-0.4, -0.2) is 17.1 Å². The first-order valence-corrected chi connectivity index (χ1v) is 5.71. The maximum Gasteiger partial charge on any atom is 0.168 e. The van der Waals surface area contributed by atoms with E-state index in [1.165, 1.54) is 6.21 Å². The van der Waals surface area contributed by atoms with E-state index in [9.17, 15) is 9.90 Å². The van der Waals surface area contributed by atoms with Crippen molar-refractivity contribution in [3.05, 3.63) is 41.7 Å². The molecule has 1 aliphatic rings. The molecule has 1 aromatic carbocycles. The summed E-state index contributed by atoms with van der Waals surface area (Å²) in [6.45, 7) is 1.96. The molecule has 0 radical (unpaired) electrons. The molecular formula is C14H15NO2. The van der Waals surface area contributed by atoms with Gasteiger partial charge in [0.15, 0.2) is 5.78 Å². The van der Waals surface area contributed by atoms with Gasteiger partial charge in [0.25, 0.3) is 0 Å². The molecule has 88 valence electrons. The number of allylic oxidation sites excluding steroid dienone is 2. The fourth-order valence-corrected chi connectivity index (χ4v) is 1.90. The van der Waals surface area contributed by atoms with Gasteiger partial charge in [-0.3, -0.25) is 9.79 Å². The van der Waals surface area contributed by atoms with Gasteiger partial charge in [-0.25, -0.2) is 0 Å². The molecule has 0 amide bonds. The molecule has 0 heterocycles. The van der Waals surface area contributed by atoms with Crippen molar-refractivity contribution in [3.63, 3.8) is 0 Å². The zero-order chi connectivity index (χ0) is 12.3. The van der Waals surface area contributed by atoms with E-state index in [2.05, 4.69) is 4.99 Å². The van der Waals surface area contributed by atoms with E-state index in [1.54, 1.807) is 0 Å². The number of aliphatic imine (C=N–C) groups is 1. The van der Waals surface area contributed by atoms with Crippen molar-refractivity contribution in [2.75, 3.05) is 0 Å². The molecular weight excluding hydrogens is 214 g/mol. The third-order valence-electron chi connectivity index (χ3n) is 2.79. The standard InChI is InChI=1S/C14H15NO2/c1-10-7-13(16)12(14(17)8-10)9-15-11-5-3-2-4-6-11/h2-6,9-10,16H,7-8H2,1H3. The van der Waals surface area contributed by atoms with Crippen LogP contribution < -0.4 is 0 Å². The zero-order valence-corrected chi connectivity index (χ0v) is 9.76. The minimum absolute atomic E-state index is 0.0269. The van der Waals surface area contributed by atoms with Crippen molar-refractivity contribution in [2.45, 2.75) is 19.8 Å². The number of nitrogens with zero attached hydrogens (tertiary/aromatic N) is 1. The lowest BCUT2D eigenvalue weighted by molar-refractivity contribution is -0.116. The first-order chi connectivity index (χ1) is 8.16. The van der Waals surface area contributed by atoms with Crippen LogP contribution in [0.25, 0.3) is 0 Å². The number of aliphatic hydroxyl groups is 1. The SMILES string of the molecule is CC1CC(=O)C(C=Nc2ccccc2)=C(O)C1. The Morgan fingerprint density at radius 1 is 1.29 bits per heavy atom. The molecule has 0 saturated heterocycles. The number of carbonyl (C=O) groups excluding carboxylic acids is 1. The minimum Gasteiger partial charge on any atom is -0.511 e. The first kappa shape index (κ1) is 11.6. The van der Waals surface area contributed by atoms with Crippen LogP contribution in [0.4, 0.5) is 5.69 Å². The van der Waals surface area contributed by atoms with Gasteiger partial charge in [-0.05, 0) is 18.1 Å². The van der Waals surface area contributed by atoms with E-state index in [-0.39, 0.29) is 17.5 Å². The molecule has 3 nitrogen and oxygen atoms in total. The van der Waals surface area contributed by atoms with Crippen molar-refractivity contribution in [2.24, 2.45) is 10.9 Å². The van der Waals surface area contributed by atoms with E-state index in [1.807, 2.05) is 37.3 Å². The Kier molecular flexibility index (Phi) is 3.38. The molecule has 17 heavy (non-hydrogen) atoms. The predicted octanol–water partition coefficient (Wildman–Crippen LogP) is 3.20. The highest BCUT2D eigenvalue weighted by molar-refractivity contribution is 6.14. The number of Topliss-reactive ketones (excluding diaryl/α,β-unsaturated/α-hetero) is 1. The smallest absolute Gasteiger partial charge is 0.168 e. The van der Waals surface area contributed by atoms with Gasteiger partial charge >= 0.3 is 0 Å². The predicted molar refractivity (Wildman–Crippen MR) is 67.7 cm³/mol. The van der Waals surface area contributed by atoms with Gasteiger partial charge in [-0.15, -0.1) is 0 Å². The van der Waals surface area contributed by atoms with Gasteiger partial charge in [0, 0.05) is 19.1 Å². The van der Waals surface area contributed by atoms with Crippen LogP contribution in [0.3, 0.4) is 0 Å². The zero-order valence-electron chi connectivity index (χ0n) is 9.76. The Morgan fingerprint density at radius 2 is 2.00 bits per heavy atom. The average Bonchev–Trinajstić information content (AvgIpc) is 2.29. The van der Waals surface area contributed by atoms with E-state index in [0.717, 1.165) is 5.69 Å². The number of carbonyl (C=O) groups is 1. The molecule has 0 saturated carbocycles. The maximum atomic E-state index is 11.7. The Morgan fingerprint density at radius 3 is 2.65 bits per heavy atom. The van der Waals surface area contributed by atoms with Crippen LogP contribution in [-0.2, 0) is 4.79 Å². The maximum absolute atomic E-state index is 11.7. The molecule has 0 aromatic heterocycles. The third-order valence-corrected chi connectivity index (χ3v) is 2.79. The summed E-state index contributed by atoms with van der Waals surface area (Å²) in [5.74, 6) is 0.353. The molecule has 0 bridgehead atoms. The Balaban J connectivity index is 2.21. The molecule has 1 aromatic rings. The van der Waals surface area contributed by atoms with Crippen LogP contribution in [0.2, 0.25) is 0 Å². The summed E-state index contributed by atoms with van der Waals surface area (Å²) in [7, 11) is 0. The van der Waals surface area contributed by atoms with E-state index >= 15 is 0 Å². The molecule has 3 heteroatoms. The van der Waals surface area contributed by atoms with Crippen LogP contribution in [0.5, 0.6) is 0 Å². The monoisotopic (exact) mass is 229 g/mol. The largest absolute Gasteiger partial charge is 0.511 e. The van der Waals surface area contributed by atoms with E-state index in [4.69, 9.17) is 0 Å². The number of aliphatic hydroxyl groups excluding tert-OH is 1. The van der Waals surface area contributed by atoms with Gasteiger partial charge in [0.1, 0.15) is 5.76 Å². The average molecular weight is 229 g/mol. The quantitative estimate of drug-likeness (QED) is 0.792. The molecule has 1 atom stereocenters. The normalized spacial score (nSPS) is 21.2. The number of hydrogen-bond acceptors (Lipinski definition) is 3. The summed E-state index contributed by atoms with van der Waals surface area (Å²) in [5, 5.41) is 9.76. The van der Waals surface area contributed by atoms with Crippen LogP contribution in [0.1, 0.15) is 19.8 Å². The summed E-state index contributed by atoms with van der Waals surface area (Å²) < 4.78 is 0. The summed E-state index contributed by atoms with van der Waals surface area (Å²) >= 11 is 0. The van der Waals surface area contributed by atoms with Crippen molar-refractivity contribution >= 4 is 17.7 Å². The van der Waals surface area contributed by atoms with Crippen LogP contribution >= 0.6 is 0 Å². The Hall–Kier alpha value is -1.90. The number of ketones is 1. The highest BCUT2D eigenvalue weighted by Gasteiger charge is 2.23. The summed E-state index contributed by atoms with van der Waals surface area (Å²) in [6.07, 6.45) is 2.51. The van der Waals surface area contributed by atoms with Crippen molar-refractivity contribution in [1.82, 2.24) is 0 Å². The van der Waals surface area contributed by atoms with Gasteiger partial charge in [-0.1, -0.05) is 25.1 Å². The van der Waals surface area contributed by atoms with Crippen molar-refractivity contribution in [1.29, 1.82) is 0 Å². The molecule has 1 N–H and O–H groups in total. The van der Waals surface area contributed by atoms with Gasteiger partial charge in [0.05, 0.1) is 11.3 Å². The second-order valence-electron chi connectivity index (χ2n) is 4.39. The lowest BCUT2D eigenvalue weighted by atomic mass is 9.89. The number of para-hydroxylation sites is 1. The van der Waals surface area contributed by atoms with Crippen molar-refractivity contribution in [3.8, 4) is 0 Å². The minimum atomic E-state index is -0.0269. The molecule has 1 aliphatic carbocycles. The second-order valence-corrected chi connectivity index (χ2v) is 4.39. The lowest BCUT2D eigenvalue weighted by Crippen LogP contribution is -2.18. The number of benzene rings is 1. The van der Waals surface area contributed by atoms with Crippen molar-refractivity contribution < 1.29 is 9.90 Å². The topological polar surface area (TPSA) is 49.7 Å². The summed E-state index contributed by atoms with van der Waals surface area (Å²) in [4.78, 5) is 15.9. The van der Waals surface area contributed by atoms with Gasteiger partial charge in [0.2, 0.25) is 0 Å². The highest BCUT2D eigenvalue weighted by Crippen LogP contribution is 2.24. The summed E-state index contributed by atoms with van der Waals surface area (Å²) in [6, 6.07) is 9.37. The van der Waals surface area contributed by atoms with Crippen LogP contribution in [0.15, 0.2) is 46.7 Å². The number of rotatable bonds is 2. The molecule has 0 spiro atoms. The molecule has 2 rings (SSSR count). The van der Waals surface area contributed by atoms with Crippen LogP contribution in [0, 0.1) is 5.92 Å². The molecule has 0 fully saturated rings. The Labute approximate surface area is 101 Å². The first-order valence-electron chi connectivity index (χ1n) is 5.71. The Bertz CT molecular complexity index is 474. The fourth-order valence-electron chi connectivity index (χ4n) is 1.90. The van der Waals surface area contributed by atoms with Gasteiger partial charge < -0.3 is 5.11 Å². The lowest BCUT2D eigenvalue weighted by Gasteiger charge is -2.17. The van der Waals surface area contributed by atoms with E-state index in [0.29, 0.717) is 18.4 Å². The molecule has 1 unspecified atom stereocenters. The second kappa shape index (κ2) is 4.95. The number of hydrogen-bond donors (Lipinski definition) is 1. The highest BCUT2D eigenvalue weighted by atomic mass is 16.3.